The summed E-state index contributed by atoms with van der Waals surface area (Å²) in [6, 6.07) is 10.3. The molecule has 13 heteroatoms. The average Bonchev–Trinajstić information content (AvgIpc) is 3.38. The maximum absolute atomic E-state index is 13.7. The number of hydrogen-bond acceptors (Lipinski definition) is 7. The van der Waals surface area contributed by atoms with E-state index in [0.29, 0.717) is 53.2 Å². The van der Waals surface area contributed by atoms with Crippen LogP contribution in [0.15, 0.2) is 54.9 Å². The summed E-state index contributed by atoms with van der Waals surface area (Å²) >= 11 is 6.53. The SMILES string of the molecule is COc1ccc(C2c3c(nc4cc(C(F)(F)F)ccn34)CCN2C(=O)COc2ccc(CN3CCOCC3)cc2Cl)nc1. The van der Waals surface area contributed by atoms with Gasteiger partial charge < -0.3 is 23.5 Å². The van der Waals surface area contributed by atoms with Gasteiger partial charge in [-0.2, -0.15) is 13.2 Å². The summed E-state index contributed by atoms with van der Waals surface area (Å²) in [7, 11) is 1.52. The highest BCUT2D eigenvalue weighted by molar-refractivity contribution is 6.32. The molecule has 226 valence electrons. The van der Waals surface area contributed by atoms with Gasteiger partial charge in [0.15, 0.2) is 6.61 Å². The Morgan fingerprint density at radius 1 is 1.12 bits per heavy atom. The van der Waals surface area contributed by atoms with Crippen LogP contribution in [-0.2, 0) is 28.7 Å². The second kappa shape index (κ2) is 12.0. The number of ether oxygens (including phenoxy) is 3. The summed E-state index contributed by atoms with van der Waals surface area (Å²) < 4.78 is 58.4. The number of methoxy groups -OCH3 is 1. The third kappa shape index (κ3) is 6.13. The number of benzene rings is 1. The highest BCUT2D eigenvalue weighted by Gasteiger charge is 2.38. The van der Waals surface area contributed by atoms with Crippen molar-refractivity contribution in [2.45, 2.75) is 25.2 Å². The van der Waals surface area contributed by atoms with Crippen molar-refractivity contribution >= 4 is 23.2 Å². The standard InChI is InChI=1S/C30H29ClF3N5O4/c1-41-21-3-4-23(35-16-21)28-29-24(36-26-15-20(30(32,33)34)6-8-38(26)29)7-9-39(28)27(40)18-43-25-5-2-19(14-22(25)31)17-37-10-12-42-13-11-37/h2-6,8,14-16,28H,7,9-13,17-18H2,1H3. The molecule has 1 atom stereocenters. The molecule has 2 aliphatic heterocycles. The molecule has 0 radical (unpaired) electrons. The van der Waals surface area contributed by atoms with Gasteiger partial charge in [-0.1, -0.05) is 17.7 Å². The van der Waals surface area contributed by atoms with Gasteiger partial charge in [0, 0.05) is 38.8 Å². The monoisotopic (exact) mass is 615 g/mol. The van der Waals surface area contributed by atoms with E-state index in [1.165, 1.54) is 19.5 Å². The molecule has 4 aromatic rings. The topological polar surface area (TPSA) is 81.4 Å². The lowest BCUT2D eigenvalue weighted by atomic mass is 9.98. The van der Waals surface area contributed by atoms with Crippen LogP contribution in [0.4, 0.5) is 13.2 Å². The fourth-order valence-electron chi connectivity index (χ4n) is 5.51. The van der Waals surface area contributed by atoms with E-state index in [4.69, 9.17) is 25.8 Å². The molecule has 9 nitrogen and oxygen atoms in total. The fourth-order valence-corrected chi connectivity index (χ4v) is 5.77. The highest BCUT2D eigenvalue weighted by atomic mass is 35.5. The Morgan fingerprint density at radius 3 is 2.63 bits per heavy atom. The van der Waals surface area contributed by atoms with Gasteiger partial charge in [-0.25, -0.2) is 4.98 Å². The minimum Gasteiger partial charge on any atom is -0.495 e. The van der Waals surface area contributed by atoms with E-state index >= 15 is 0 Å². The average molecular weight is 616 g/mol. The molecule has 0 N–H and O–H groups in total. The van der Waals surface area contributed by atoms with Crippen LogP contribution in [-0.4, -0.2) is 76.6 Å². The molecule has 0 bridgehead atoms. The van der Waals surface area contributed by atoms with Crippen molar-refractivity contribution in [3.8, 4) is 11.5 Å². The molecule has 3 aromatic heterocycles. The minimum atomic E-state index is -4.51. The van der Waals surface area contributed by atoms with Crippen molar-refractivity contribution < 1.29 is 32.2 Å². The second-order valence-electron chi connectivity index (χ2n) is 10.4. The van der Waals surface area contributed by atoms with Crippen molar-refractivity contribution in [1.82, 2.24) is 24.2 Å². The van der Waals surface area contributed by atoms with Crippen molar-refractivity contribution in [3.05, 3.63) is 88.1 Å². The largest absolute Gasteiger partial charge is 0.495 e. The number of carbonyl (C=O) groups is 1. The van der Waals surface area contributed by atoms with Gasteiger partial charge in [0.1, 0.15) is 23.2 Å². The van der Waals surface area contributed by atoms with Gasteiger partial charge in [0.2, 0.25) is 0 Å². The molecular formula is C30H29ClF3N5O4. The summed E-state index contributed by atoms with van der Waals surface area (Å²) in [5, 5.41) is 0.398. The molecule has 1 unspecified atom stereocenters. The summed E-state index contributed by atoms with van der Waals surface area (Å²) in [4.78, 5) is 26.6. The Morgan fingerprint density at radius 2 is 1.93 bits per heavy atom. The minimum absolute atomic E-state index is 0.146. The Bertz CT molecular complexity index is 1620. The number of pyridine rings is 2. The number of aromatic nitrogens is 3. The number of nitrogens with zero attached hydrogens (tertiary/aromatic N) is 5. The number of rotatable bonds is 7. The molecule has 0 spiro atoms. The van der Waals surface area contributed by atoms with Crippen LogP contribution in [0.2, 0.25) is 5.02 Å². The van der Waals surface area contributed by atoms with E-state index in [-0.39, 0.29) is 24.7 Å². The van der Waals surface area contributed by atoms with Crippen LogP contribution >= 0.6 is 11.6 Å². The number of imidazole rings is 1. The predicted octanol–water partition coefficient (Wildman–Crippen LogP) is 4.80. The van der Waals surface area contributed by atoms with E-state index in [9.17, 15) is 18.0 Å². The van der Waals surface area contributed by atoms with Crippen LogP contribution in [0.25, 0.3) is 5.65 Å². The normalized spacial score (nSPS) is 17.6. The van der Waals surface area contributed by atoms with Crippen molar-refractivity contribution in [3.63, 3.8) is 0 Å². The zero-order chi connectivity index (χ0) is 30.1. The summed E-state index contributed by atoms with van der Waals surface area (Å²) in [5.41, 5.74) is 2.07. The number of amides is 1. The molecular weight excluding hydrogens is 587 g/mol. The zero-order valence-electron chi connectivity index (χ0n) is 23.3. The second-order valence-corrected chi connectivity index (χ2v) is 10.8. The lowest BCUT2D eigenvalue weighted by Crippen LogP contribution is -2.43. The van der Waals surface area contributed by atoms with Gasteiger partial charge in [-0.15, -0.1) is 0 Å². The van der Waals surface area contributed by atoms with Crippen LogP contribution < -0.4 is 9.47 Å². The number of morpholine rings is 1. The molecule has 43 heavy (non-hydrogen) atoms. The molecule has 1 amide bonds. The third-order valence-corrected chi connectivity index (χ3v) is 7.97. The first-order valence-corrected chi connectivity index (χ1v) is 14.2. The van der Waals surface area contributed by atoms with Crippen LogP contribution in [0.3, 0.4) is 0 Å². The highest BCUT2D eigenvalue weighted by Crippen LogP contribution is 2.37. The fraction of sp³-hybridized carbons (Fsp3) is 0.367. The van der Waals surface area contributed by atoms with E-state index in [2.05, 4.69) is 14.9 Å². The van der Waals surface area contributed by atoms with Gasteiger partial charge in [0.05, 0.1) is 54.2 Å². The molecule has 1 fully saturated rings. The van der Waals surface area contributed by atoms with E-state index < -0.39 is 17.8 Å². The number of carbonyl (C=O) groups excluding carboxylic acids is 1. The molecule has 0 aliphatic carbocycles. The maximum Gasteiger partial charge on any atom is 0.416 e. The molecule has 1 aromatic carbocycles. The van der Waals surface area contributed by atoms with Crippen LogP contribution in [0.1, 0.15) is 34.3 Å². The lowest BCUT2D eigenvalue weighted by molar-refractivity contribution is -0.137. The Hall–Kier alpha value is -3.87. The first-order chi connectivity index (χ1) is 20.7. The first-order valence-electron chi connectivity index (χ1n) is 13.8. The molecule has 0 saturated carbocycles. The van der Waals surface area contributed by atoms with Crippen molar-refractivity contribution in [1.29, 1.82) is 0 Å². The number of hydrogen-bond donors (Lipinski definition) is 0. The van der Waals surface area contributed by atoms with Crippen LogP contribution in [0.5, 0.6) is 11.5 Å². The van der Waals surface area contributed by atoms with Gasteiger partial charge >= 0.3 is 6.18 Å². The van der Waals surface area contributed by atoms with Crippen molar-refractivity contribution in [2.75, 3.05) is 46.6 Å². The summed E-state index contributed by atoms with van der Waals surface area (Å²) in [5.74, 6) is 0.580. The Balaban J connectivity index is 1.26. The van der Waals surface area contributed by atoms with Gasteiger partial charge in [-0.05, 0) is 42.0 Å². The molecule has 1 saturated heterocycles. The predicted molar refractivity (Wildman–Crippen MR) is 151 cm³/mol. The summed E-state index contributed by atoms with van der Waals surface area (Å²) in [6.45, 7) is 3.82. The summed E-state index contributed by atoms with van der Waals surface area (Å²) in [6.07, 6.45) is -1.28. The first kappa shape index (κ1) is 29.2. The Labute approximate surface area is 250 Å². The quantitative estimate of drug-likeness (QED) is 0.296. The Kier molecular flexibility index (Phi) is 8.17. The van der Waals surface area contributed by atoms with Crippen LogP contribution in [0, 0.1) is 0 Å². The smallest absolute Gasteiger partial charge is 0.416 e. The van der Waals surface area contributed by atoms with E-state index in [0.717, 1.165) is 37.3 Å². The number of alkyl halides is 3. The lowest BCUT2D eigenvalue weighted by Gasteiger charge is -2.35. The van der Waals surface area contributed by atoms with E-state index in [1.54, 1.807) is 27.5 Å². The van der Waals surface area contributed by atoms with Crippen molar-refractivity contribution in [2.24, 2.45) is 0 Å². The van der Waals surface area contributed by atoms with Gasteiger partial charge in [-0.3, -0.25) is 14.7 Å². The number of fused-ring (bicyclic) bond motifs is 3. The molecule has 2 aliphatic rings. The number of halogens is 4. The molecule has 5 heterocycles. The zero-order valence-corrected chi connectivity index (χ0v) is 24.1. The third-order valence-electron chi connectivity index (χ3n) is 7.68. The van der Waals surface area contributed by atoms with E-state index in [1.807, 2.05) is 12.1 Å². The maximum atomic E-state index is 13.7. The molecule has 6 rings (SSSR count). The van der Waals surface area contributed by atoms with Gasteiger partial charge in [0.25, 0.3) is 5.91 Å².